The van der Waals surface area contributed by atoms with Gasteiger partial charge in [0.15, 0.2) is 0 Å². The first kappa shape index (κ1) is 10.9. The van der Waals surface area contributed by atoms with E-state index in [0.717, 1.165) is 13.1 Å². The molecule has 6 heteroatoms. The summed E-state index contributed by atoms with van der Waals surface area (Å²) in [5, 5.41) is 3.21. The van der Waals surface area contributed by atoms with Crippen molar-refractivity contribution in [2.45, 2.75) is 6.04 Å². The summed E-state index contributed by atoms with van der Waals surface area (Å²) in [6.07, 6.45) is 0. The maximum Gasteiger partial charge on any atom is 0.232 e. The van der Waals surface area contributed by atoms with Crippen LogP contribution in [0.5, 0.6) is 11.8 Å². The number of anilines is 1. The summed E-state index contributed by atoms with van der Waals surface area (Å²) >= 11 is 0. The van der Waals surface area contributed by atoms with Crippen molar-refractivity contribution in [1.29, 1.82) is 0 Å². The van der Waals surface area contributed by atoms with Gasteiger partial charge in [-0.05, 0) is 0 Å². The van der Waals surface area contributed by atoms with E-state index in [9.17, 15) is 0 Å². The first-order chi connectivity index (χ1) is 7.74. The molecular weight excluding hydrogens is 208 g/mol. The fraction of sp³-hybridized carbons (Fsp3) is 0.600. The molecule has 0 aromatic carbocycles. The molecule has 1 fully saturated rings. The fourth-order valence-corrected chi connectivity index (χ4v) is 1.47. The van der Waals surface area contributed by atoms with Gasteiger partial charge in [-0.2, -0.15) is 9.97 Å². The highest BCUT2D eigenvalue weighted by Crippen LogP contribution is 2.21. The lowest BCUT2D eigenvalue weighted by Crippen LogP contribution is -2.56. The summed E-state index contributed by atoms with van der Waals surface area (Å²) in [6, 6.07) is 2.10. The summed E-state index contributed by atoms with van der Waals surface area (Å²) < 4.78 is 10.2. The van der Waals surface area contributed by atoms with Crippen LogP contribution in [0, 0.1) is 0 Å². The summed E-state index contributed by atoms with van der Waals surface area (Å²) in [7, 11) is 5.13. The number of likely N-dealkylation sites (N-methyl/N-ethyl adjacent to an activating group) is 1. The lowest BCUT2D eigenvalue weighted by molar-refractivity contribution is 0.367. The zero-order valence-corrected chi connectivity index (χ0v) is 9.73. The van der Waals surface area contributed by atoms with E-state index in [1.165, 1.54) is 0 Å². The van der Waals surface area contributed by atoms with Gasteiger partial charge in [0.1, 0.15) is 0 Å². The van der Waals surface area contributed by atoms with Crippen molar-refractivity contribution in [3.63, 3.8) is 0 Å². The van der Waals surface area contributed by atoms with Gasteiger partial charge < -0.3 is 19.7 Å². The van der Waals surface area contributed by atoms with E-state index in [0.29, 0.717) is 23.8 Å². The highest BCUT2D eigenvalue weighted by atomic mass is 16.5. The number of hydrogen-bond acceptors (Lipinski definition) is 6. The van der Waals surface area contributed by atoms with E-state index in [2.05, 4.69) is 15.3 Å². The third-order valence-corrected chi connectivity index (χ3v) is 2.71. The van der Waals surface area contributed by atoms with Crippen LogP contribution in [0.2, 0.25) is 0 Å². The van der Waals surface area contributed by atoms with Gasteiger partial charge in [-0.1, -0.05) is 0 Å². The predicted molar refractivity (Wildman–Crippen MR) is 60.2 cm³/mol. The number of rotatable bonds is 4. The molecule has 0 unspecified atom stereocenters. The Morgan fingerprint density at radius 1 is 1.25 bits per heavy atom. The molecule has 1 aliphatic rings. The summed E-state index contributed by atoms with van der Waals surface area (Å²) in [6.45, 7) is 1.92. The molecule has 16 heavy (non-hydrogen) atoms. The van der Waals surface area contributed by atoms with Crippen LogP contribution in [-0.2, 0) is 0 Å². The van der Waals surface area contributed by atoms with E-state index >= 15 is 0 Å². The molecule has 2 rings (SSSR count). The molecule has 0 bridgehead atoms. The number of ether oxygens (including phenoxy) is 2. The minimum Gasteiger partial charge on any atom is -0.481 e. The van der Waals surface area contributed by atoms with Crippen LogP contribution < -0.4 is 19.7 Å². The standard InChI is InChI=1S/C10H16N4O2/c1-14(7-5-11-6-7)10-12-8(15-2)4-9(13-10)16-3/h4,7,11H,5-6H2,1-3H3. The van der Waals surface area contributed by atoms with Crippen molar-refractivity contribution in [3.05, 3.63) is 6.07 Å². The summed E-state index contributed by atoms with van der Waals surface area (Å²) in [5.74, 6) is 1.66. The van der Waals surface area contributed by atoms with Gasteiger partial charge in [0.05, 0.1) is 26.3 Å². The van der Waals surface area contributed by atoms with Crippen LogP contribution in [-0.4, -0.2) is 50.4 Å². The second-order valence-corrected chi connectivity index (χ2v) is 3.68. The topological polar surface area (TPSA) is 59.5 Å². The second-order valence-electron chi connectivity index (χ2n) is 3.68. The van der Waals surface area contributed by atoms with Crippen molar-refractivity contribution >= 4 is 5.95 Å². The Morgan fingerprint density at radius 3 is 2.19 bits per heavy atom. The van der Waals surface area contributed by atoms with Crippen molar-refractivity contribution in [2.75, 3.05) is 39.3 Å². The lowest BCUT2D eigenvalue weighted by Gasteiger charge is -2.35. The van der Waals surface area contributed by atoms with Crippen molar-refractivity contribution in [1.82, 2.24) is 15.3 Å². The fourth-order valence-electron chi connectivity index (χ4n) is 1.47. The molecule has 1 saturated heterocycles. The normalized spacial score (nSPS) is 15.4. The largest absolute Gasteiger partial charge is 0.481 e. The average Bonchev–Trinajstić information content (AvgIpc) is 2.26. The van der Waals surface area contributed by atoms with Crippen LogP contribution in [0.15, 0.2) is 6.07 Å². The number of nitrogens with zero attached hydrogens (tertiary/aromatic N) is 3. The summed E-state index contributed by atoms with van der Waals surface area (Å²) in [4.78, 5) is 10.6. The van der Waals surface area contributed by atoms with E-state index < -0.39 is 0 Å². The molecule has 0 radical (unpaired) electrons. The van der Waals surface area contributed by atoms with Crippen LogP contribution >= 0.6 is 0 Å². The molecule has 0 aliphatic carbocycles. The van der Waals surface area contributed by atoms with Crippen LogP contribution in [0.4, 0.5) is 5.95 Å². The van der Waals surface area contributed by atoms with Gasteiger partial charge in [-0.25, -0.2) is 0 Å². The Balaban J connectivity index is 2.24. The smallest absolute Gasteiger partial charge is 0.232 e. The molecule has 1 aromatic rings. The van der Waals surface area contributed by atoms with Crippen molar-refractivity contribution < 1.29 is 9.47 Å². The molecule has 6 nitrogen and oxygen atoms in total. The molecule has 88 valence electrons. The molecule has 0 spiro atoms. The van der Waals surface area contributed by atoms with E-state index in [1.54, 1.807) is 20.3 Å². The molecule has 2 heterocycles. The van der Waals surface area contributed by atoms with Gasteiger partial charge in [0.2, 0.25) is 17.7 Å². The van der Waals surface area contributed by atoms with Gasteiger partial charge in [-0.3, -0.25) is 0 Å². The zero-order valence-electron chi connectivity index (χ0n) is 9.73. The molecule has 0 amide bonds. The highest BCUT2D eigenvalue weighted by Gasteiger charge is 2.24. The Morgan fingerprint density at radius 2 is 1.81 bits per heavy atom. The average molecular weight is 224 g/mol. The third kappa shape index (κ3) is 2.01. The zero-order chi connectivity index (χ0) is 11.5. The highest BCUT2D eigenvalue weighted by molar-refractivity contribution is 5.37. The number of aromatic nitrogens is 2. The maximum absolute atomic E-state index is 5.11. The molecule has 0 atom stereocenters. The minimum absolute atomic E-state index is 0.441. The first-order valence-corrected chi connectivity index (χ1v) is 5.15. The van der Waals surface area contributed by atoms with Gasteiger partial charge in [0.25, 0.3) is 0 Å². The Labute approximate surface area is 94.6 Å². The molecule has 1 N–H and O–H groups in total. The minimum atomic E-state index is 0.441. The number of nitrogens with one attached hydrogen (secondary N) is 1. The van der Waals surface area contributed by atoms with Crippen LogP contribution in [0.3, 0.4) is 0 Å². The number of methoxy groups -OCH3 is 2. The Bertz CT molecular complexity index is 346. The van der Waals surface area contributed by atoms with Gasteiger partial charge >= 0.3 is 0 Å². The van der Waals surface area contributed by atoms with Crippen molar-refractivity contribution in [2.24, 2.45) is 0 Å². The first-order valence-electron chi connectivity index (χ1n) is 5.15. The SMILES string of the molecule is COc1cc(OC)nc(N(C)C2CNC2)n1. The van der Waals surface area contributed by atoms with Gasteiger partial charge in [-0.15, -0.1) is 0 Å². The van der Waals surface area contributed by atoms with E-state index in [4.69, 9.17) is 9.47 Å². The quantitative estimate of drug-likeness (QED) is 0.771. The predicted octanol–water partition coefficient (Wildman–Crippen LogP) is -0.0982. The van der Waals surface area contributed by atoms with Crippen LogP contribution in [0.25, 0.3) is 0 Å². The van der Waals surface area contributed by atoms with Crippen LogP contribution in [0.1, 0.15) is 0 Å². The second kappa shape index (κ2) is 4.52. The Kier molecular flexibility index (Phi) is 3.09. The van der Waals surface area contributed by atoms with E-state index in [-0.39, 0.29) is 0 Å². The molecule has 1 aliphatic heterocycles. The van der Waals surface area contributed by atoms with E-state index in [1.807, 2.05) is 11.9 Å². The lowest BCUT2D eigenvalue weighted by atomic mass is 10.1. The molecule has 1 aromatic heterocycles. The summed E-state index contributed by atoms with van der Waals surface area (Å²) in [5.41, 5.74) is 0. The molecule has 0 saturated carbocycles. The molecular formula is C10H16N4O2. The Hall–Kier alpha value is -1.56. The maximum atomic E-state index is 5.11. The van der Waals surface area contributed by atoms with Crippen molar-refractivity contribution in [3.8, 4) is 11.8 Å². The number of hydrogen-bond donors (Lipinski definition) is 1. The van der Waals surface area contributed by atoms with Gasteiger partial charge in [0, 0.05) is 20.1 Å². The third-order valence-electron chi connectivity index (χ3n) is 2.71. The monoisotopic (exact) mass is 224 g/mol.